The van der Waals surface area contributed by atoms with Crippen LogP contribution in [0.1, 0.15) is 37.8 Å². The fourth-order valence-corrected chi connectivity index (χ4v) is 1.73. The third kappa shape index (κ3) is 4.23. The van der Waals surface area contributed by atoms with Gasteiger partial charge in [-0.2, -0.15) is 0 Å². The lowest BCUT2D eigenvalue weighted by atomic mass is 10.00. The summed E-state index contributed by atoms with van der Waals surface area (Å²) in [5.41, 5.74) is 2.32. The summed E-state index contributed by atoms with van der Waals surface area (Å²) in [5.74, 6) is 0.206. The van der Waals surface area contributed by atoms with E-state index in [1.165, 1.54) is 12.5 Å². The summed E-state index contributed by atoms with van der Waals surface area (Å²) in [4.78, 5) is 10.6. The minimum absolute atomic E-state index is 0.244. The monoisotopic (exact) mass is 240 g/mol. The van der Waals surface area contributed by atoms with Gasteiger partial charge < -0.3 is 4.74 Å². The average Bonchev–Trinajstić information content (AvgIpc) is 2.16. The Balaban J connectivity index is 2.69. The molecule has 3 heteroatoms. The van der Waals surface area contributed by atoms with Crippen molar-refractivity contribution in [3.8, 4) is 0 Å². The van der Waals surface area contributed by atoms with Crippen LogP contribution in [0.2, 0.25) is 5.02 Å². The Morgan fingerprint density at radius 2 is 2.06 bits per heavy atom. The molecule has 0 N–H and O–H groups in total. The van der Waals surface area contributed by atoms with E-state index < -0.39 is 0 Å². The first-order chi connectivity index (χ1) is 7.49. The molecule has 88 valence electrons. The third-order valence-corrected chi connectivity index (χ3v) is 2.56. The second-order valence-electron chi connectivity index (χ2n) is 4.14. The number of rotatable bonds is 4. The van der Waals surface area contributed by atoms with E-state index in [0.29, 0.717) is 18.9 Å². The van der Waals surface area contributed by atoms with E-state index >= 15 is 0 Å². The highest BCUT2D eigenvalue weighted by atomic mass is 35.5. The Morgan fingerprint density at radius 3 is 2.62 bits per heavy atom. The van der Waals surface area contributed by atoms with Crippen LogP contribution in [0.4, 0.5) is 0 Å². The standard InChI is InChI=1S/C13H17ClO2/c1-9(2)12-6-11(7-13(14)8-12)4-5-16-10(3)15/h6-9H,4-5H2,1-3H3. The van der Waals surface area contributed by atoms with Gasteiger partial charge in [0.1, 0.15) is 0 Å². The number of halogens is 1. The molecule has 0 unspecified atom stereocenters. The molecule has 0 fully saturated rings. The molecule has 0 bridgehead atoms. The molecule has 16 heavy (non-hydrogen) atoms. The van der Waals surface area contributed by atoms with Crippen LogP contribution in [-0.4, -0.2) is 12.6 Å². The van der Waals surface area contributed by atoms with E-state index in [1.54, 1.807) is 0 Å². The van der Waals surface area contributed by atoms with Crippen LogP contribution in [0.3, 0.4) is 0 Å². The van der Waals surface area contributed by atoms with Crippen LogP contribution in [0.15, 0.2) is 18.2 Å². The number of benzene rings is 1. The molecule has 0 atom stereocenters. The van der Waals surface area contributed by atoms with Crippen molar-refractivity contribution >= 4 is 17.6 Å². The molecule has 0 aliphatic rings. The molecule has 1 rings (SSSR count). The van der Waals surface area contributed by atoms with E-state index in [4.69, 9.17) is 16.3 Å². The van der Waals surface area contributed by atoms with E-state index in [-0.39, 0.29) is 5.97 Å². The minimum Gasteiger partial charge on any atom is -0.466 e. The summed E-state index contributed by atoms with van der Waals surface area (Å²) >= 11 is 6.03. The van der Waals surface area contributed by atoms with Crippen LogP contribution in [0.25, 0.3) is 0 Å². The van der Waals surface area contributed by atoms with E-state index in [0.717, 1.165) is 10.6 Å². The molecular formula is C13H17ClO2. The Morgan fingerprint density at radius 1 is 1.38 bits per heavy atom. The van der Waals surface area contributed by atoms with Crippen molar-refractivity contribution in [2.75, 3.05) is 6.61 Å². The molecule has 0 saturated carbocycles. The normalized spacial score (nSPS) is 10.6. The van der Waals surface area contributed by atoms with Crippen LogP contribution in [0, 0.1) is 0 Å². The Labute approximate surface area is 102 Å². The lowest BCUT2D eigenvalue weighted by Gasteiger charge is -2.09. The molecule has 0 aromatic heterocycles. The summed E-state index contributed by atoms with van der Waals surface area (Å²) in [6.07, 6.45) is 0.708. The summed E-state index contributed by atoms with van der Waals surface area (Å²) in [6.45, 7) is 6.08. The molecule has 0 aliphatic heterocycles. The van der Waals surface area contributed by atoms with Crippen molar-refractivity contribution in [2.45, 2.75) is 33.1 Å². The van der Waals surface area contributed by atoms with Gasteiger partial charge in [-0.1, -0.05) is 31.5 Å². The maximum absolute atomic E-state index is 10.6. The third-order valence-electron chi connectivity index (χ3n) is 2.34. The van der Waals surface area contributed by atoms with Gasteiger partial charge >= 0.3 is 5.97 Å². The van der Waals surface area contributed by atoms with Gasteiger partial charge in [0.25, 0.3) is 0 Å². The van der Waals surface area contributed by atoms with Gasteiger partial charge in [0, 0.05) is 18.4 Å². The van der Waals surface area contributed by atoms with Crippen molar-refractivity contribution in [2.24, 2.45) is 0 Å². The van der Waals surface area contributed by atoms with E-state index in [1.807, 2.05) is 12.1 Å². The highest BCUT2D eigenvalue weighted by molar-refractivity contribution is 6.30. The van der Waals surface area contributed by atoms with Gasteiger partial charge in [-0.05, 0) is 29.2 Å². The summed E-state index contributed by atoms with van der Waals surface area (Å²) < 4.78 is 4.90. The Kier molecular flexibility index (Phi) is 4.81. The summed E-state index contributed by atoms with van der Waals surface area (Å²) in [5, 5.41) is 0.740. The first-order valence-electron chi connectivity index (χ1n) is 5.41. The molecular weight excluding hydrogens is 224 g/mol. The minimum atomic E-state index is -0.244. The maximum atomic E-state index is 10.6. The first kappa shape index (κ1) is 13.0. The van der Waals surface area contributed by atoms with Gasteiger partial charge in [0.2, 0.25) is 0 Å². The fourth-order valence-electron chi connectivity index (χ4n) is 1.47. The lowest BCUT2D eigenvalue weighted by Crippen LogP contribution is -2.03. The Bertz CT molecular complexity index is 372. The number of carbonyl (C=O) groups excluding carboxylic acids is 1. The SMILES string of the molecule is CC(=O)OCCc1cc(Cl)cc(C(C)C)c1. The average molecular weight is 241 g/mol. The molecule has 0 aliphatic carbocycles. The summed E-state index contributed by atoms with van der Waals surface area (Å²) in [7, 11) is 0. The molecule has 2 nitrogen and oxygen atoms in total. The zero-order chi connectivity index (χ0) is 12.1. The topological polar surface area (TPSA) is 26.3 Å². The van der Waals surface area contributed by atoms with Gasteiger partial charge in [0.15, 0.2) is 0 Å². The van der Waals surface area contributed by atoms with Crippen LogP contribution >= 0.6 is 11.6 Å². The van der Waals surface area contributed by atoms with Crippen molar-refractivity contribution in [1.29, 1.82) is 0 Å². The van der Waals surface area contributed by atoms with Crippen molar-refractivity contribution in [3.05, 3.63) is 34.3 Å². The molecule has 0 spiro atoms. The van der Waals surface area contributed by atoms with E-state index in [9.17, 15) is 4.79 Å². The van der Waals surface area contributed by atoms with Crippen LogP contribution < -0.4 is 0 Å². The van der Waals surface area contributed by atoms with Gasteiger partial charge in [0.05, 0.1) is 6.61 Å². The fraction of sp³-hybridized carbons (Fsp3) is 0.462. The second kappa shape index (κ2) is 5.90. The van der Waals surface area contributed by atoms with Gasteiger partial charge in [-0.3, -0.25) is 4.79 Å². The highest BCUT2D eigenvalue weighted by Gasteiger charge is 2.04. The highest BCUT2D eigenvalue weighted by Crippen LogP contribution is 2.21. The summed E-state index contributed by atoms with van der Waals surface area (Å²) in [6, 6.07) is 6.00. The molecule has 0 amide bonds. The first-order valence-corrected chi connectivity index (χ1v) is 5.79. The quantitative estimate of drug-likeness (QED) is 0.752. The predicted molar refractivity (Wildman–Crippen MR) is 65.9 cm³/mol. The van der Waals surface area contributed by atoms with Crippen molar-refractivity contribution in [1.82, 2.24) is 0 Å². The molecule has 0 saturated heterocycles. The number of carbonyl (C=O) groups is 1. The van der Waals surface area contributed by atoms with Crippen LogP contribution in [0.5, 0.6) is 0 Å². The lowest BCUT2D eigenvalue weighted by molar-refractivity contribution is -0.140. The largest absolute Gasteiger partial charge is 0.466 e. The maximum Gasteiger partial charge on any atom is 0.302 e. The van der Waals surface area contributed by atoms with Crippen molar-refractivity contribution < 1.29 is 9.53 Å². The number of hydrogen-bond donors (Lipinski definition) is 0. The molecule has 0 radical (unpaired) electrons. The number of hydrogen-bond acceptors (Lipinski definition) is 2. The number of esters is 1. The van der Waals surface area contributed by atoms with E-state index in [2.05, 4.69) is 19.9 Å². The second-order valence-corrected chi connectivity index (χ2v) is 4.57. The molecule has 0 heterocycles. The predicted octanol–water partition coefficient (Wildman–Crippen LogP) is 3.57. The van der Waals surface area contributed by atoms with Gasteiger partial charge in [-0.15, -0.1) is 0 Å². The Hall–Kier alpha value is -1.02. The molecule has 1 aromatic rings. The number of ether oxygens (including phenoxy) is 1. The van der Waals surface area contributed by atoms with Crippen molar-refractivity contribution in [3.63, 3.8) is 0 Å². The van der Waals surface area contributed by atoms with Crippen LogP contribution in [-0.2, 0) is 16.0 Å². The molecule has 1 aromatic carbocycles. The zero-order valence-electron chi connectivity index (χ0n) is 9.92. The zero-order valence-corrected chi connectivity index (χ0v) is 10.7. The smallest absolute Gasteiger partial charge is 0.302 e. The van der Waals surface area contributed by atoms with Gasteiger partial charge in [-0.25, -0.2) is 0 Å².